The minimum absolute atomic E-state index is 0.166. The summed E-state index contributed by atoms with van der Waals surface area (Å²) in [6, 6.07) is 16.0. The van der Waals surface area contributed by atoms with E-state index in [0.29, 0.717) is 27.3 Å². The van der Waals surface area contributed by atoms with Gasteiger partial charge in [0.2, 0.25) is 0 Å². The number of ether oxygens (including phenoxy) is 1. The van der Waals surface area contributed by atoms with Crippen LogP contribution in [0, 0.1) is 3.57 Å². The molecule has 0 saturated heterocycles. The molecule has 0 aliphatic rings. The predicted octanol–water partition coefficient (Wildman–Crippen LogP) is 5.39. The number of hydrazone groups is 1. The van der Waals surface area contributed by atoms with Crippen molar-refractivity contribution >= 4 is 57.9 Å². The summed E-state index contributed by atoms with van der Waals surface area (Å²) in [5.41, 5.74) is 3.24. The molecule has 0 saturated carbocycles. The molecule has 0 bridgehead atoms. The first kappa shape index (κ1) is 19.7. The number of halogens is 3. The van der Waals surface area contributed by atoms with Gasteiger partial charge in [-0.3, -0.25) is 4.79 Å². The smallest absolute Gasteiger partial charge is 0.277 e. The lowest BCUT2D eigenvalue weighted by Crippen LogP contribution is -2.24. The molecule has 3 aromatic rings. The van der Waals surface area contributed by atoms with Gasteiger partial charge in [-0.05, 0) is 65.1 Å². The average Bonchev–Trinajstić information content (AvgIpc) is 3.10. The summed E-state index contributed by atoms with van der Waals surface area (Å²) in [5, 5.41) is 5.10. The third kappa shape index (κ3) is 5.72. The van der Waals surface area contributed by atoms with Crippen molar-refractivity contribution in [2.24, 2.45) is 5.10 Å². The molecule has 3 rings (SSSR count). The molecule has 5 nitrogen and oxygen atoms in total. The van der Waals surface area contributed by atoms with Crippen molar-refractivity contribution in [2.75, 3.05) is 6.61 Å². The van der Waals surface area contributed by atoms with E-state index in [4.69, 9.17) is 32.4 Å². The number of amides is 1. The Hall–Kier alpha value is -2.03. The SMILES string of the molecule is O=C(COc1ccc(Cl)cc1I)NN=Cc1ccc(-c2cccc(Cl)c2)o1. The largest absolute Gasteiger partial charge is 0.483 e. The third-order valence-electron chi connectivity index (χ3n) is 3.37. The zero-order valence-corrected chi connectivity index (χ0v) is 17.5. The van der Waals surface area contributed by atoms with Gasteiger partial charge in [0.25, 0.3) is 5.91 Å². The normalized spacial score (nSPS) is 10.9. The van der Waals surface area contributed by atoms with E-state index < -0.39 is 5.91 Å². The van der Waals surface area contributed by atoms with Crippen LogP contribution < -0.4 is 10.2 Å². The van der Waals surface area contributed by atoms with Crippen molar-refractivity contribution in [1.29, 1.82) is 0 Å². The van der Waals surface area contributed by atoms with Crippen LogP contribution in [0.2, 0.25) is 10.0 Å². The fourth-order valence-electron chi connectivity index (χ4n) is 2.15. The number of furan rings is 1. The van der Waals surface area contributed by atoms with E-state index in [1.807, 2.05) is 12.1 Å². The molecule has 1 heterocycles. The molecular formula is C19H13Cl2IN2O3. The van der Waals surface area contributed by atoms with Gasteiger partial charge < -0.3 is 9.15 Å². The number of hydrogen-bond acceptors (Lipinski definition) is 4. The number of hydrogen-bond donors (Lipinski definition) is 1. The van der Waals surface area contributed by atoms with Gasteiger partial charge in [-0.25, -0.2) is 5.43 Å². The third-order valence-corrected chi connectivity index (χ3v) is 4.68. The molecule has 1 aromatic heterocycles. The van der Waals surface area contributed by atoms with Crippen molar-refractivity contribution in [2.45, 2.75) is 0 Å². The number of rotatable bonds is 6. The highest BCUT2D eigenvalue weighted by molar-refractivity contribution is 14.1. The summed E-state index contributed by atoms with van der Waals surface area (Å²) >= 11 is 13.9. The summed E-state index contributed by atoms with van der Waals surface area (Å²) < 4.78 is 11.9. The zero-order chi connectivity index (χ0) is 19.2. The molecule has 0 aliphatic heterocycles. The van der Waals surface area contributed by atoms with Crippen molar-refractivity contribution < 1.29 is 13.9 Å². The van der Waals surface area contributed by atoms with Crippen LogP contribution in [0.5, 0.6) is 5.75 Å². The summed E-state index contributed by atoms with van der Waals surface area (Å²) in [7, 11) is 0. The molecule has 0 fully saturated rings. The summed E-state index contributed by atoms with van der Waals surface area (Å²) in [6.45, 7) is -0.166. The van der Waals surface area contributed by atoms with Crippen molar-refractivity contribution in [3.8, 4) is 17.1 Å². The quantitative estimate of drug-likeness (QED) is 0.272. The molecule has 1 amide bonds. The van der Waals surface area contributed by atoms with Gasteiger partial charge in [-0.15, -0.1) is 0 Å². The lowest BCUT2D eigenvalue weighted by Gasteiger charge is -2.07. The Morgan fingerprint density at radius 1 is 1.15 bits per heavy atom. The number of benzene rings is 2. The van der Waals surface area contributed by atoms with Crippen LogP contribution in [-0.2, 0) is 4.79 Å². The van der Waals surface area contributed by atoms with Crippen LogP contribution in [0.1, 0.15) is 5.76 Å². The second kappa shape index (κ2) is 9.25. The standard InChI is InChI=1S/C19H13Cl2IN2O3/c20-13-3-1-2-12(8-13)17-7-5-15(27-17)10-23-24-19(25)11-26-18-6-4-14(21)9-16(18)22/h1-10H,11H2,(H,24,25). The summed E-state index contributed by atoms with van der Waals surface area (Å²) in [5.74, 6) is 1.35. The van der Waals surface area contributed by atoms with Gasteiger partial charge in [-0.1, -0.05) is 35.3 Å². The van der Waals surface area contributed by atoms with E-state index in [0.717, 1.165) is 9.13 Å². The molecule has 0 radical (unpaired) electrons. The van der Waals surface area contributed by atoms with Gasteiger partial charge in [0.15, 0.2) is 6.61 Å². The fourth-order valence-corrected chi connectivity index (χ4v) is 3.37. The van der Waals surface area contributed by atoms with Crippen molar-refractivity contribution in [1.82, 2.24) is 5.43 Å². The first-order chi connectivity index (χ1) is 13.0. The number of carbonyl (C=O) groups excluding carboxylic acids is 1. The Kier molecular flexibility index (Phi) is 6.76. The maximum absolute atomic E-state index is 11.8. The van der Waals surface area contributed by atoms with Crippen LogP contribution in [0.15, 0.2) is 64.1 Å². The predicted molar refractivity (Wildman–Crippen MR) is 115 cm³/mol. The van der Waals surface area contributed by atoms with Crippen LogP contribution in [0.3, 0.4) is 0 Å². The molecule has 138 valence electrons. The maximum Gasteiger partial charge on any atom is 0.277 e. The van der Waals surface area contributed by atoms with E-state index in [9.17, 15) is 4.79 Å². The number of nitrogens with zero attached hydrogens (tertiary/aromatic N) is 1. The highest BCUT2D eigenvalue weighted by atomic mass is 127. The van der Waals surface area contributed by atoms with Crippen LogP contribution in [-0.4, -0.2) is 18.7 Å². The molecule has 27 heavy (non-hydrogen) atoms. The minimum atomic E-state index is -0.390. The molecule has 0 aliphatic carbocycles. The van der Waals surface area contributed by atoms with E-state index in [-0.39, 0.29) is 6.61 Å². The average molecular weight is 515 g/mol. The second-order valence-corrected chi connectivity index (χ2v) is 7.40. The van der Waals surface area contributed by atoms with Gasteiger partial charge in [0.1, 0.15) is 17.3 Å². The van der Waals surface area contributed by atoms with Gasteiger partial charge in [-0.2, -0.15) is 5.10 Å². The lowest BCUT2D eigenvalue weighted by atomic mass is 10.2. The zero-order valence-electron chi connectivity index (χ0n) is 13.8. The molecule has 8 heteroatoms. The van der Waals surface area contributed by atoms with Crippen LogP contribution in [0.25, 0.3) is 11.3 Å². The number of carbonyl (C=O) groups is 1. The Morgan fingerprint density at radius 2 is 1.96 bits per heavy atom. The Bertz CT molecular complexity index is 989. The summed E-state index contributed by atoms with van der Waals surface area (Å²) in [6.07, 6.45) is 1.41. The first-order valence-electron chi connectivity index (χ1n) is 7.77. The molecule has 0 atom stereocenters. The molecule has 2 aromatic carbocycles. The Labute approximate surface area is 179 Å². The highest BCUT2D eigenvalue weighted by Crippen LogP contribution is 2.25. The van der Waals surface area contributed by atoms with Crippen molar-refractivity contribution in [3.05, 3.63) is 74.0 Å². The topological polar surface area (TPSA) is 63.8 Å². The van der Waals surface area contributed by atoms with Gasteiger partial charge >= 0.3 is 0 Å². The fraction of sp³-hybridized carbons (Fsp3) is 0.0526. The van der Waals surface area contributed by atoms with Crippen LogP contribution in [0.4, 0.5) is 0 Å². The van der Waals surface area contributed by atoms with Gasteiger partial charge in [0, 0.05) is 15.6 Å². The lowest BCUT2D eigenvalue weighted by molar-refractivity contribution is -0.123. The van der Waals surface area contributed by atoms with E-state index in [2.05, 4.69) is 33.1 Å². The second-order valence-electron chi connectivity index (χ2n) is 5.37. The molecule has 1 N–H and O–H groups in total. The Balaban J connectivity index is 1.52. The summed E-state index contributed by atoms with van der Waals surface area (Å²) in [4.78, 5) is 11.8. The maximum atomic E-state index is 11.8. The van der Waals surface area contributed by atoms with Crippen molar-refractivity contribution in [3.63, 3.8) is 0 Å². The monoisotopic (exact) mass is 514 g/mol. The molecule has 0 unspecified atom stereocenters. The minimum Gasteiger partial charge on any atom is -0.483 e. The molecule has 0 spiro atoms. The Morgan fingerprint density at radius 3 is 2.74 bits per heavy atom. The molecular weight excluding hydrogens is 502 g/mol. The highest BCUT2D eigenvalue weighted by Gasteiger charge is 2.06. The van der Waals surface area contributed by atoms with E-state index in [1.54, 1.807) is 42.5 Å². The van der Waals surface area contributed by atoms with E-state index >= 15 is 0 Å². The number of nitrogens with one attached hydrogen (secondary N) is 1. The van der Waals surface area contributed by atoms with Crippen LogP contribution >= 0.6 is 45.8 Å². The van der Waals surface area contributed by atoms with Gasteiger partial charge in [0.05, 0.1) is 9.78 Å². The van der Waals surface area contributed by atoms with E-state index in [1.165, 1.54) is 6.21 Å². The first-order valence-corrected chi connectivity index (χ1v) is 9.60.